The van der Waals surface area contributed by atoms with Gasteiger partial charge in [0.15, 0.2) is 0 Å². The fourth-order valence-corrected chi connectivity index (χ4v) is 4.39. The Labute approximate surface area is 139 Å². The number of thioether (sulfide) groups is 1. The van der Waals surface area contributed by atoms with E-state index in [9.17, 15) is 13.2 Å². The lowest BCUT2D eigenvalue weighted by atomic mass is 10.3. The SMILES string of the molecule is C[C@@H](CS(C)(=O)=O)N(C)C(=O)CCSc1ccccc1Br. The van der Waals surface area contributed by atoms with E-state index in [1.165, 1.54) is 11.2 Å². The molecule has 0 aromatic heterocycles. The third kappa shape index (κ3) is 6.84. The summed E-state index contributed by atoms with van der Waals surface area (Å²) in [6.45, 7) is 1.75. The number of nitrogens with zero attached hydrogens (tertiary/aromatic N) is 1. The van der Waals surface area contributed by atoms with E-state index in [1.54, 1.807) is 25.7 Å². The number of sulfone groups is 1. The van der Waals surface area contributed by atoms with Crippen LogP contribution in [0.1, 0.15) is 13.3 Å². The summed E-state index contributed by atoms with van der Waals surface area (Å²) in [4.78, 5) is 14.7. The summed E-state index contributed by atoms with van der Waals surface area (Å²) in [5, 5.41) is 0. The first-order valence-corrected chi connectivity index (χ1v) is 10.4. The third-order valence-electron chi connectivity index (χ3n) is 3.01. The zero-order valence-electron chi connectivity index (χ0n) is 12.4. The van der Waals surface area contributed by atoms with Gasteiger partial charge >= 0.3 is 0 Å². The highest BCUT2D eigenvalue weighted by atomic mass is 79.9. The minimum atomic E-state index is -3.08. The molecule has 1 rings (SSSR count). The number of hydrogen-bond acceptors (Lipinski definition) is 4. The Kier molecular flexibility index (Phi) is 7.23. The fraction of sp³-hybridized carbons (Fsp3) is 0.500. The van der Waals surface area contributed by atoms with E-state index in [4.69, 9.17) is 0 Å². The quantitative estimate of drug-likeness (QED) is 0.668. The predicted octanol–water partition coefficient (Wildman–Crippen LogP) is 2.82. The molecule has 0 bridgehead atoms. The largest absolute Gasteiger partial charge is 0.342 e. The lowest BCUT2D eigenvalue weighted by Gasteiger charge is -2.24. The van der Waals surface area contributed by atoms with Crippen LogP contribution >= 0.6 is 27.7 Å². The number of hydrogen-bond donors (Lipinski definition) is 0. The summed E-state index contributed by atoms with van der Waals surface area (Å²) in [7, 11) is -1.42. The van der Waals surface area contributed by atoms with Gasteiger partial charge in [-0.3, -0.25) is 4.79 Å². The molecule has 1 aromatic rings. The van der Waals surface area contributed by atoms with Gasteiger partial charge in [0, 0.05) is 40.9 Å². The molecule has 118 valence electrons. The molecule has 4 nitrogen and oxygen atoms in total. The van der Waals surface area contributed by atoms with Gasteiger partial charge in [-0.1, -0.05) is 12.1 Å². The molecule has 0 saturated heterocycles. The molecule has 0 fully saturated rings. The molecule has 1 atom stereocenters. The molecule has 0 heterocycles. The second-order valence-electron chi connectivity index (χ2n) is 4.97. The number of rotatable bonds is 7. The highest BCUT2D eigenvalue weighted by molar-refractivity contribution is 9.10. The zero-order valence-corrected chi connectivity index (χ0v) is 15.6. The van der Waals surface area contributed by atoms with Crippen molar-refractivity contribution in [3.8, 4) is 0 Å². The predicted molar refractivity (Wildman–Crippen MR) is 91.4 cm³/mol. The molecular weight excluding hydrogens is 374 g/mol. The molecule has 21 heavy (non-hydrogen) atoms. The topological polar surface area (TPSA) is 54.5 Å². The van der Waals surface area contributed by atoms with Crippen LogP contribution < -0.4 is 0 Å². The smallest absolute Gasteiger partial charge is 0.223 e. The second kappa shape index (κ2) is 8.19. The van der Waals surface area contributed by atoms with Gasteiger partial charge in [-0.05, 0) is 35.0 Å². The minimum absolute atomic E-state index is 0.00733. The number of amides is 1. The summed E-state index contributed by atoms with van der Waals surface area (Å²) in [5.41, 5.74) is 0. The number of carbonyl (C=O) groups excluding carboxylic acids is 1. The van der Waals surface area contributed by atoms with Gasteiger partial charge in [-0.15, -0.1) is 11.8 Å². The molecule has 1 amide bonds. The first-order chi connectivity index (χ1) is 9.70. The Morgan fingerprint density at radius 1 is 1.38 bits per heavy atom. The standard InChI is InChI=1S/C14H20BrNO3S2/c1-11(10-21(3,18)19)16(2)14(17)8-9-20-13-7-5-4-6-12(13)15/h4-7,11H,8-10H2,1-3H3/t11-/m0/s1. The Morgan fingerprint density at radius 3 is 2.57 bits per heavy atom. The number of carbonyl (C=O) groups is 1. The summed E-state index contributed by atoms with van der Waals surface area (Å²) in [6, 6.07) is 7.55. The van der Waals surface area contributed by atoms with Crippen molar-refractivity contribution >= 4 is 43.4 Å². The molecule has 0 spiro atoms. The molecular formula is C14H20BrNO3S2. The first kappa shape index (κ1) is 18.5. The van der Waals surface area contributed by atoms with Crippen LogP contribution in [0.25, 0.3) is 0 Å². The van der Waals surface area contributed by atoms with Crippen LogP contribution in [-0.4, -0.2) is 50.1 Å². The van der Waals surface area contributed by atoms with Crippen LogP contribution in [0.2, 0.25) is 0 Å². The summed E-state index contributed by atoms with van der Waals surface area (Å²) < 4.78 is 23.5. The average Bonchev–Trinajstić information content (AvgIpc) is 2.38. The van der Waals surface area contributed by atoms with E-state index in [2.05, 4.69) is 15.9 Å². The van der Waals surface area contributed by atoms with Gasteiger partial charge in [0.05, 0.1) is 5.75 Å². The van der Waals surface area contributed by atoms with Gasteiger partial charge in [0.25, 0.3) is 0 Å². The van der Waals surface area contributed by atoms with E-state index in [0.29, 0.717) is 12.2 Å². The van der Waals surface area contributed by atoms with Crippen LogP contribution in [0.15, 0.2) is 33.6 Å². The molecule has 0 aliphatic heterocycles. The Morgan fingerprint density at radius 2 is 2.00 bits per heavy atom. The molecule has 0 aliphatic rings. The maximum absolute atomic E-state index is 12.1. The Bertz CT molecular complexity index is 590. The van der Waals surface area contributed by atoms with Gasteiger partial charge in [-0.25, -0.2) is 8.42 Å². The normalized spacial score (nSPS) is 13.0. The van der Waals surface area contributed by atoms with Crippen LogP contribution in [0, 0.1) is 0 Å². The molecule has 0 radical (unpaired) electrons. The molecule has 0 aliphatic carbocycles. The number of halogens is 1. The second-order valence-corrected chi connectivity index (χ2v) is 9.15. The molecule has 7 heteroatoms. The highest BCUT2D eigenvalue weighted by Gasteiger charge is 2.19. The maximum Gasteiger partial charge on any atom is 0.223 e. The molecule has 0 unspecified atom stereocenters. The van der Waals surface area contributed by atoms with Gasteiger partial charge in [-0.2, -0.15) is 0 Å². The zero-order chi connectivity index (χ0) is 16.0. The molecule has 0 saturated carbocycles. The van der Waals surface area contributed by atoms with Crippen molar-refractivity contribution < 1.29 is 13.2 Å². The molecule has 1 aromatic carbocycles. The maximum atomic E-state index is 12.1. The molecule has 0 N–H and O–H groups in total. The lowest BCUT2D eigenvalue weighted by molar-refractivity contribution is -0.130. The Balaban J connectivity index is 2.45. The Hall–Kier alpha value is -0.530. The van der Waals surface area contributed by atoms with Crippen LogP contribution in [0.4, 0.5) is 0 Å². The van der Waals surface area contributed by atoms with Crippen LogP contribution in [-0.2, 0) is 14.6 Å². The van der Waals surface area contributed by atoms with Crippen molar-refractivity contribution in [2.75, 3.05) is 24.8 Å². The van der Waals surface area contributed by atoms with Gasteiger partial charge in [0.1, 0.15) is 9.84 Å². The third-order valence-corrected chi connectivity index (χ3v) is 6.13. The van der Waals surface area contributed by atoms with E-state index >= 15 is 0 Å². The number of benzene rings is 1. The minimum Gasteiger partial charge on any atom is -0.342 e. The van der Waals surface area contributed by atoms with E-state index in [0.717, 1.165) is 9.37 Å². The van der Waals surface area contributed by atoms with Crippen LogP contribution in [0.3, 0.4) is 0 Å². The summed E-state index contributed by atoms with van der Waals surface area (Å²) in [5.74, 6) is 0.620. The summed E-state index contributed by atoms with van der Waals surface area (Å²) in [6.07, 6.45) is 1.57. The van der Waals surface area contributed by atoms with Crippen molar-refractivity contribution in [1.82, 2.24) is 4.90 Å². The van der Waals surface area contributed by atoms with Crippen molar-refractivity contribution in [2.45, 2.75) is 24.3 Å². The van der Waals surface area contributed by atoms with Crippen molar-refractivity contribution in [1.29, 1.82) is 0 Å². The van der Waals surface area contributed by atoms with E-state index < -0.39 is 9.84 Å². The fourth-order valence-electron chi connectivity index (χ4n) is 1.78. The average molecular weight is 394 g/mol. The van der Waals surface area contributed by atoms with Gasteiger partial charge < -0.3 is 4.90 Å². The van der Waals surface area contributed by atoms with Crippen LogP contribution in [0.5, 0.6) is 0 Å². The van der Waals surface area contributed by atoms with Gasteiger partial charge in [0.2, 0.25) is 5.91 Å². The monoisotopic (exact) mass is 393 g/mol. The van der Waals surface area contributed by atoms with Crippen molar-refractivity contribution in [3.63, 3.8) is 0 Å². The van der Waals surface area contributed by atoms with E-state index in [1.807, 2.05) is 24.3 Å². The van der Waals surface area contributed by atoms with E-state index in [-0.39, 0.29) is 17.7 Å². The highest BCUT2D eigenvalue weighted by Crippen LogP contribution is 2.27. The first-order valence-electron chi connectivity index (χ1n) is 6.51. The van der Waals surface area contributed by atoms with Crippen molar-refractivity contribution in [3.05, 3.63) is 28.7 Å². The summed E-state index contributed by atoms with van der Waals surface area (Å²) >= 11 is 5.07. The van der Waals surface area contributed by atoms with Crippen molar-refractivity contribution in [2.24, 2.45) is 0 Å². The lowest BCUT2D eigenvalue weighted by Crippen LogP contribution is -2.39.